The molecule has 1 atom stereocenters. The van der Waals surface area contributed by atoms with E-state index in [2.05, 4.69) is 10.3 Å². The van der Waals surface area contributed by atoms with Gasteiger partial charge in [0, 0.05) is 12.5 Å². The molecule has 1 aromatic heterocycles. The number of nitrogens with two attached hydrogens (primary N) is 1. The normalized spacial score (nSPS) is 12.3. The van der Waals surface area contributed by atoms with E-state index in [1.807, 2.05) is 24.3 Å². The van der Waals surface area contributed by atoms with E-state index in [-0.39, 0.29) is 12.5 Å². The Hall–Kier alpha value is -2.21. The van der Waals surface area contributed by atoms with Crippen molar-refractivity contribution in [3.05, 3.63) is 42.2 Å². The third-order valence-corrected chi connectivity index (χ3v) is 2.68. The Morgan fingerprint density at radius 1 is 1.39 bits per heavy atom. The first-order chi connectivity index (χ1) is 8.66. The summed E-state index contributed by atoms with van der Waals surface area (Å²) in [6, 6.07) is 7.26. The molecule has 2 aromatic rings. The predicted molar refractivity (Wildman–Crippen MR) is 65.2 cm³/mol. The fourth-order valence-electron chi connectivity index (χ4n) is 1.67. The summed E-state index contributed by atoms with van der Waals surface area (Å²) in [5, 5.41) is 16.2. The Bertz CT molecular complexity index is 507. The molecule has 6 heteroatoms. The van der Waals surface area contributed by atoms with Crippen LogP contribution in [-0.4, -0.2) is 26.1 Å². The maximum absolute atomic E-state index is 10.5. The van der Waals surface area contributed by atoms with Crippen molar-refractivity contribution < 1.29 is 9.90 Å². The number of benzene rings is 1. The van der Waals surface area contributed by atoms with Gasteiger partial charge in [-0.1, -0.05) is 17.3 Å². The minimum Gasteiger partial charge on any atom is -0.481 e. The van der Waals surface area contributed by atoms with Gasteiger partial charge < -0.3 is 10.8 Å². The molecule has 1 heterocycles. The van der Waals surface area contributed by atoms with Crippen molar-refractivity contribution >= 4 is 5.97 Å². The molecule has 3 N–H and O–H groups in total. The largest absolute Gasteiger partial charge is 0.481 e. The summed E-state index contributed by atoms with van der Waals surface area (Å²) in [4.78, 5) is 10.5. The standard InChI is InChI=1S/C12H14N4O2/c13-11(5-6-12(17)18)9-1-3-10(4-2-9)16-8-7-14-15-16/h1-4,7-8,11H,5-6,13H2,(H,17,18). The lowest BCUT2D eigenvalue weighted by atomic mass is 10.0. The van der Waals surface area contributed by atoms with Crippen LogP contribution in [0.1, 0.15) is 24.4 Å². The lowest BCUT2D eigenvalue weighted by Gasteiger charge is -2.11. The summed E-state index contributed by atoms with van der Waals surface area (Å²) >= 11 is 0. The Morgan fingerprint density at radius 2 is 2.11 bits per heavy atom. The average molecular weight is 246 g/mol. The van der Waals surface area contributed by atoms with Crippen LogP contribution in [0.25, 0.3) is 5.69 Å². The van der Waals surface area contributed by atoms with Crippen molar-refractivity contribution in [3.8, 4) is 5.69 Å². The van der Waals surface area contributed by atoms with Crippen molar-refractivity contribution in [2.45, 2.75) is 18.9 Å². The van der Waals surface area contributed by atoms with Crippen LogP contribution in [0.15, 0.2) is 36.7 Å². The molecule has 6 nitrogen and oxygen atoms in total. The first kappa shape index (κ1) is 12.3. The van der Waals surface area contributed by atoms with Gasteiger partial charge in [-0.25, -0.2) is 4.68 Å². The van der Waals surface area contributed by atoms with Crippen molar-refractivity contribution in [2.24, 2.45) is 5.73 Å². The van der Waals surface area contributed by atoms with Gasteiger partial charge in [-0.3, -0.25) is 4.79 Å². The van der Waals surface area contributed by atoms with E-state index in [0.717, 1.165) is 11.3 Å². The molecule has 0 bridgehead atoms. The van der Waals surface area contributed by atoms with E-state index in [0.29, 0.717) is 6.42 Å². The Morgan fingerprint density at radius 3 is 2.67 bits per heavy atom. The van der Waals surface area contributed by atoms with Crippen LogP contribution in [0.5, 0.6) is 0 Å². The number of carboxylic acid groups (broad SMARTS) is 1. The van der Waals surface area contributed by atoms with Crippen molar-refractivity contribution in [1.29, 1.82) is 0 Å². The van der Waals surface area contributed by atoms with Crippen molar-refractivity contribution in [1.82, 2.24) is 15.0 Å². The van der Waals surface area contributed by atoms with Crippen LogP contribution in [0.2, 0.25) is 0 Å². The molecule has 0 amide bonds. The smallest absolute Gasteiger partial charge is 0.303 e. The van der Waals surface area contributed by atoms with Gasteiger partial charge in [0.1, 0.15) is 0 Å². The molecule has 0 saturated heterocycles. The SMILES string of the molecule is NC(CCC(=O)O)c1ccc(-n2ccnn2)cc1. The van der Waals surface area contributed by atoms with E-state index >= 15 is 0 Å². The third-order valence-electron chi connectivity index (χ3n) is 2.68. The number of carbonyl (C=O) groups is 1. The highest BCUT2D eigenvalue weighted by atomic mass is 16.4. The topological polar surface area (TPSA) is 94.0 Å². The van der Waals surface area contributed by atoms with Crippen LogP contribution >= 0.6 is 0 Å². The molecule has 0 radical (unpaired) electrons. The first-order valence-corrected chi connectivity index (χ1v) is 5.61. The highest BCUT2D eigenvalue weighted by Crippen LogP contribution is 2.17. The highest BCUT2D eigenvalue weighted by molar-refractivity contribution is 5.66. The zero-order valence-corrected chi connectivity index (χ0v) is 9.73. The highest BCUT2D eigenvalue weighted by Gasteiger charge is 2.08. The molecule has 18 heavy (non-hydrogen) atoms. The molecule has 0 aliphatic carbocycles. The maximum Gasteiger partial charge on any atom is 0.303 e. The first-order valence-electron chi connectivity index (χ1n) is 5.61. The van der Waals surface area contributed by atoms with Crippen LogP contribution in [0, 0.1) is 0 Å². The second kappa shape index (κ2) is 5.42. The van der Waals surface area contributed by atoms with Crippen LogP contribution in [0.3, 0.4) is 0 Å². The van der Waals surface area contributed by atoms with Gasteiger partial charge in [-0.05, 0) is 24.1 Å². The minimum atomic E-state index is -0.829. The number of aliphatic carboxylic acids is 1. The van der Waals surface area contributed by atoms with Crippen LogP contribution in [-0.2, 0) is 4.79 Å². The lowest BCUT2D eigenvalue weighted by molar-refractivity contribution is -0.137. The van der Waals surface area contributed by atoms with Crippen molar-refractivity contribution in [3.63, 3.8) is 0 Å². The molecule has 0 aliphatic rings. The van der Waals surface area contributed by atoms with Crippen LogP contribution in [0.4, 0.5) is 0 Å². The number of aromatic nitrogens is 3. The minimum absolute atomic E-state index is 0.0754. The van der Waals surface area contributed by atoms with Gasteiger partial charge in [0.25, 0.3) is 0 Å². The molecule has 0 saturated carbocycles. The van der Waals surface area contributed by atoms with Gasteiger partial charge >= 0.3 is 5.97 Å². The summed E-state index contributed by atoms with van der Waals surface area (Å²) in [6.07, 6.45) is 3.86. The summed E-state index contributed by atoms with van der Waals surface area (Å²) in [5.74, 6) is -0.829. The number of carboxylic acids is 1. The van der Waals surface area contributed by atoms with Crippen molar-refractivity contribution in [2.75, 3.05) is 0 Å². The number of nitrogens with zero attached hydrogens (tertiary/aromatic N) is 3. The van der Waals surface area contributed by atoms with E-state index in [9.17, 15) is 4.79 Å². The van der Waals surface area contributed by atoms with E-state index in [4.69, 9.17) is 10.8 Å². The molecule has 0 aliphatic heterocycles. The Balaban J connectivity index is 2.05. The summed E-state index contributed by atoms with van der Waals surface area (Å²) < 4.78 is 1.65. The van der Waals surface area contributed by atoms with E-state index in [1.54, 1.807) is 17.1 Å². The van der Waals surface area contributed by atoms with Gasteiger partial charge in [0.2, 0.25) is 0 Å². The molecule has 0 fully saturated rings. The third kappa shape index (κ3) is 2.92. The number of rotatable bonds is 5. The fourth-order valence-corrected chi connectivity index (χ4v) is 1.67. The molecular weight excluding hydrogens is 232 g/mol. The number of hydrogen-bond acceptors (Lipinski definition) is 4. The summed E-state index contributed by atoms with van der Waals surface area (Å²) in [6.45, 7) is 0. The van der Waals surface area contributed by atoms with Gasteiger partial charge in [0.15, 0.2) is 0 Å². The average Bonchev–Trinajstić information content (AvgIpc) is 2.90. The van der Waals surface area contributed by atoms with Crippen LogP contribution < -0.4 is 5.73 Å². The van der Waals surface area contributed by atoms with Gasteiger partial charge in [-0.2, -0.15) is 0 Å². The molecule has 1 aromatic carbocycles. The monoisotopic (exact) mass is 246 g/mol. The van der Waals surface area contributed by atoms with Gasteiger partial charge in [-0.15, -0.1) is 5.10 Å². The molecule has 1 unspecified atom stereocenters. The predicted octanol–water partition coefficient (Wildman–Crippen LogP) is 1.13. The molecule has 94 valence electrons. The second-order valence-electron chi connectivity index (χ2n) is 3.98. The molecular formula is C12H14N4O2. The zero-order valence-electron chi connectivity index (χ0n) is 9.73. The molecule has 0 spiro atoms. The summed E-state index contributed by atoms with van der Waals surface area (Å²) in [5.41, 5.74) is 7.72. The fraction of sp³-hybridized carbons (Fsp3) is 0.250. The second-order valence-corrected chi connectivity index (χ2v) is 3.98. The zero-order chi connectivity index (χ0) is 13.0. The Labute approximate surface area is 104 Å². The number of hydrogen-bond donors (Lipinski definition) is 2. The Kier molecular flexibility index (Phi) is 3.69. The van der Waals surface area contributed by atoms with E-state index < -0.39 is 5.97 Å². The lowest BCUT2D eigenvalue weighted by Crippen LogP contribution is -2.12. The van der Waals surface area contributed by atoms with Gasteiger partial charge in [0.05, 0.1) is 18.1 Å². The molecule has 2 rings (SSSR count). The summed E-state index contributed by atoms with van der Waals surface area (Å²) in [7, 11) is 0. The quantitative estimate of drug-likeness (QED) is 0.824. The van der Waals surface area contributed by atoms with E-state index in [1.165, 1.54) is 0 Å². The maximum atomic E-state index is 10.5.